The number of ketones is 1. The Morgan fingerprint density at radius 3 is 2.43 bits per heavy atom. The highest BCUT2D eigenvalue weighted by Gasteiger charge is 2.02. The fourth-order valence-corrected chi connectivity index (χ4v) is 1.90. The van der Waals surface area contributed by atoms with E-state index >= 15 is 0 Å². The number of carbonyl (C=O) groups is 1. The number of ether oxygens (including phenoxy) is 1. The first-order valence-corrected chi connectivity index (χ1v) is 7.39. The second-order valence-electron chi connectivity index (χ2n) is 4.52. The molecular weight excluding hydrogens is 284 g/mol. The average molecular weight is 301 g/mol. The zero-order chi connectivity index (χ0) is 14.9. The van der Waals surface area contributed by atoms with Gasteiger partial charge in [-0.05, 0) is 42.3 Å². The van der Waals surface area contributed by atoms with Crippen molar-refractivity contribution in [2.45, 2.75) is 6.42 Å². The van der Waals surface area contributed by atoms with Crippen LogP contribution in [0.3, 0.4) is 0 Å². The van der Waals surface area contributed by atoms with E-state index in [4.69, 9.17) is 16.3 Å². The number of alkyl halides is 1. The third-order valence-electron chi connectivity index (χ3n) is 2.91. The summed E-state index contributed by atoms with van der Waals surface area (Å²) in [6, 6.07) is 16.9. The van der Waals surface area contributed by atoms with Crippen LogP contribution in [0, 0.1) is 0 Å². The van der Waals surface area contributed by atoms with Crippen molar-refractivity contribution in [3.8, 4) is 5.75 Å². The summed E-state index contributed by atoms with van der Waals surface area (Å²) in [6.07, 6.45) is 4.20. The van der Waals surface area contributed by atoms with Crippen LogP contribution < -0.4 is 4.74 Å². The lowest BCUT2D eigenvalue weighted by Crippen LogP contribution is -1.99. The van der Waals surface area contributed by atoms with Gasteiger partial charge in [-0.15, -0.1) is 11.6 Å². The first-order valence-electron chi connectivity index (χ1n) is 6.86. The Hall–Kier alpha value is -2.06. The van der Waals surface area contributed by atoms with Crippen LogP contribution in [0.2, 0.25) is 0 Å². The van der Waals surface area contributed by atoms with E-state index in [-0.39, 0.29) is 5.78 Å². The fraction of sp³-hybridized carbons (Fsp3) is 0.167. The van der Waals surface area contributed by atoms with Gasteiger partial charge in [0.2, 0.25) is 0 Å². The minimum Gasteiger partial charge on any atom is -0.494 e. The monoisotopic (exact) mass is 300 g/mol. The van der Waals surface area contributed by atoms with Crippen LogP contribution >= 0.6 is 11.6 Å². The third kappa shape index (κ3) is 5.09. The Bertz CT molecular complexity index is 588. The Morgan fingerprint density at radius 2 is 1.76 bits per heavy atom. The van der Waals surface area contributed by atoms with E-state index in [0.29, 0.717) is 18.1 Å². The molecule has 0 fully saturated rings. The van der Waals surface area contributed by atoms with Gasteiger partial charge in [0.1, 0.15) is 5.75 Å². The first-order chi connectivity index (χ1) is 10.3. The molecule has 2 aromatic rings. The number of allylic oxidation sites excluding steroid dienone is 1. The van der Waals surface area contributed by atoms with Crippen molar-refractivity contribution in [2.75, 3.05) is 12.5 Å². The second-order valence-corrected chi connectivity index (χ2v) is 4.90. The molecule has 0 saturated heterocycles. The molecule has 0 spiro atoms. The van der Waals surface area contributed by atoms with Gasteiger partial charge in [-0.1, -0.05) is 36.4 Å². The Morgan fingerprint density at radius 1 is 1.05 bits per heavy atom. The number of hydrogen-bond donors (Lipinski definition) is 0. The maximum Gasteiger partial charge on any atom is 0.185 e. The number of carbonyl (C=O) groups excluding carboxylic acids is 1. The highest BCUT2D eigenvalue weighted by atomic mass is 35.5. The second kappa shape index (κ2) is 8.28. The lowest BCUT2D eigenvalue weighted by atomic mass is 10.1. The smallest absolute Gasteiger partial charge is 0.185 e. The zero-order valence-corrected chi connectivity index (χ0v) is 12.4. The molecule has 0 radical (unpaired) electrons. The maximum atomic E-state index is 12.0. The molecule has 2 rings (SSSR count). The molecule has 0 aliphatic rings. The Balaban J connectivity index is 1.95. The van der Waals surface area contributed by atoms with Gasteiger partial charge < -0.3 is 4.74 Å². The predicted octanol–water partition coefficient (Wildman–Crippen LogP) is 4.59. The summed E-state index contributed by atoms with van der Waals surface area (Å²) in [5.41, 5.74) is 1.65. The fourth-order valence-electron chi connectivity index (χ4n) is 1.79. The van der Waals surface area contributed by atoms with Crippen LogP contribution in [0.15, 0.2) is 60.7 Å². The van der Waals surface area contributed by atoms with E-state index in [2.05, 4.69) is 0 Å². The molecule has 0 atom stereocenters. The summed E-state index contributed by atoms with van der Waals surface area (Å²) in [7, 11) is 0. The SMILES string of the molecule is O=C(/C=C/c1ccccc1)c1ccc(OCCCCl)cc1. The molecule has 0 unspecified atom stereocenters. The summed E-state index contributed by atoms with van der Waals surface area (Å²) in [5, 5.41) is 0. The van der Waals surface area contributed by atoms with Crippen molar-refractivity contribution in [3.63, 3.8) is 0 Å². The third-order valence-corrected chi connectivity index (χ3v) is 3.18. The molecule has 0 amide bonds. The molecule has 2 aromatic carbocycles. The zero-order valence-electron chi connectivity index (χ0n) is 11.7. The summed E-state index contributed by atoms with van der Waals surface area (Å²) in [5.74, 6) is 1.32. The van der Waals surface area contributed by atoms with Crippen molar-refractivity contribution >= 4 is 23.5 Å². The van der Waals surface area contributed by atoms with E-state index in [1.54, 1.807) is 30.3 Å². The largest absolute Gasteiger partial charge is 0.494 e. The maximum absolute atomic E-state index is 12.0. The quantitative estimate of drug-likeness (QED) is 0.323. The van der Waals surface area contributed by atoms with E-state index < -0.39 is 0 Å². The molecule has 2 nitrogen and oxygen atoms in total. The van der Waals surface area contributed by atoms with Gasteiger partial charge in [-0.25, -0.2) is 0 Å². The minimum absolute atomic E-state index is 0.0221. The number of hydrogen-bond acceptors (Lipinski definition) is 2. The van der Waals surface area contributed by atoms with Gasteiger partial charge in [0, 0.05) is 11.4 Å². The standard InChI is InChI=1S/C18H17ClO2/c19-13-4-14-21-17-10-8-16(9-11-17)18(20)12-7-15-5-2-1-3-6-15/h1-3,5-12H,4,13-14H2/b12-7+. The highest BCUT2D eigenvalue weighted by Crippen LogP contribution is 2.14. The van der Waals surface area contributed by atoms with Crippen LogP contribution in [0.5, 0.6) is 5.75 Å². The molecule has 0 aliphatic heterocycles. The topological polar surface area (TPSA) is 26.3 Å². The minimum atomic E-state index is -0.0221. The van der Waals surface area contributed by atoms with Crippen molar-refractivity contribution in [3.05, 3.63) is 71.8 Å². The Labute approximate surface area is 130 Å². The highest BCUT2D eigenvalue weighted by molar-refractivity contribution is 6.17. The van der Waals surface area contributed by atoms with Crippen molar-refractivity contribution < 1.29 is 9.53 Å². The number of halogens is 1. The summed E-state index contributed by atoms with van der Waals surface area (Å²) < 4.78 is 5.50. The van der Waals surface area contributed by atoms with Crippen LogP contribution in [-0.2, 0) is 0 Å². The van der Waals surface area contributed by atoms with Crippen molar-refractivity contribution in [2.24, 2.45) is 0 Å². The molecule has 0 bridgehead atoms. The van der Waals surface area contributed by atoms with Crippen LogP contribution in [0.4, 0.5) is 0 Å². The van der Waals surface area contributed by atoms with Gasteiger partial charge in [0.15, 0.2) is 5.78 Å². The summed E-state index contributed by atoms with van der Waals surface area (Å²) in [4.78, 5) is 12.0. The van der Waals surface area contributed by atoms with Crippen LogP contribution in [0.25, 0.3) is 6.08 Å². The van der Waals surface area contributed by atoms with Gasteiger partial charge in [-0.2, -0.15) is 0 Å². The predicted molar refractivity (Wildman–Crippen MR) is 87.1 cm³/mol. The molecule has 108 valence electrons. The molecule has 3 heteroatoms. The molecule has 21 heavy (non-hydrogen) atoms. The molecule has 0 aliphatic carbocycles. The Kier molecular flexibility index (Phi) is 6.04. The number of benzene rings is 2. The van der Waals surface area contributed by atoms with E-state index in [0.717, 1.165) is 17.7 Å². The first kappa shape index (κ1) is 15.3. The molecule has 0 N–H and O–H groups in total. The lowest BCUT2D eigenvalue weighted by molar-refractivity contribution is 0.104. The van der Waals surface area contributed by atoms with Gasteiger partial charge in [-0.3, -0.25) is 4.79 Å². The van der Waals surface area contributed by atoms with Crippen LogP contribution in [0.1, 0.15) is 22.3 Å². The lowest BCUT2D eigenvalue weighted by Gasteiger charge is -2.05. The molecular formula is C18H17ClO2. The van der Waals surface area contributed by atoms with E-state index in [1.807, 2.05) is 36.4 Å². The summed E-state index contributed by atoms with van der Waals surface area (Å²) in [6.45, 7) is 0.588. The molecule has 0 aromatic heterocycles. The van der Waals surface area contributed by atoms with Crippen molar-refractivity contribution in [1.82, 2.24) is 0 Å². The normalized spacial score (nSPS) is 10.7. The van der Waals surface area contributed by atoms with E-state index in [9.17, 15) is 4.79 Å². The van der Waals surface area contributed by atoms with Crippen LogP contribution in [-0.4, -0.2) is 18.3 Å². The average Bonchev–Trinajstić information content (AvgIpc) is 2.54. The van der Waals surface area contributed by atoms with Gasteiger partial charge >= 0.3 is 0 Å². The van der Waals surface area contributed by atoms with E-state index in [1.165, 1.54) is 0 Å². The summed E-state index contributed by atoms with van der Waals surface area (Å²) >= 11 is 5.59. The van der Waals surface area contributed by atoms with Crippen molar-refractivity contribution in [1.29, 1.82) is 0 Å². The number of rotatable bonds is 7. The van der Waals surface area contributed by atoms with Gasteiger partial charge in [0.05, 0.1) is 6.61 Å². The van der Waals surface area contributed by atoms with Gasteiger partial charge in [0.25, 0.3) is 0 Å². The molecule has 0 saturated carbocycles. The molecule has 0 heterocycles.